The minimum atomic E-state index is 0.454. The molecule has 5 heteroatoms. The van der Waals surface area contributed by atoms with Gasteiger partial charge in [0.05, 0.1) is 5.69 Å². The highest BCUT2D eigenvalue weighted by molar-refractivity contribution is 6.31. The average Bonchev–Trinajstić information content (AvgIpc) is 2.51. The highest BCUT2D eigenvalue weighted by Crippen LogP contribution is 2.24. The van der Waals surface area contributed by atoms with Crippen molar-refractivity contribution in [3.63, 3.8) is 0 Å². The summed E-state index contributed by atoms with van der Waals surface area (Å²) in [6.07, 6.45) is 7.57. The van der Waals surface area contributed by atoms with Crippen molar-refractivity contribution in [3.8, 4) is 0 Å². The van der Waals surface area contributed by atoms with Crippen LogP contribution in [-0.2, 0) is 0 Å². The third-order valence-corrected chi connectivity index (χ3v) is 3.94. The first-order valence-corrected chi connectivity index (χ1v) is 7.23. The van der Waals surface area contributed by atoms with Gasteiger partial charge in [-0.1, -0.05) is 11.6 Å². The summed E-state index contributed by atoms with van der Waals surface area (Å²) < 4.78 is 0. The number of nitrogens with one attached hydrogen (secondary N) is 1. The fraction of sp³-hybridized carbons (Fsp3) is 0.333. The maximum atomic E-state index is 6.08. The van der Waals surface area contributed by atoms with Crippen molar-refractivity contribution in [2.45, 2.75) is 18.9 Å². The Kier molecular flexibility index (Phi) is 4.02. The fourth-order valence-electron chi connectivity index (χ4n) is 2.55. The number of hydrogen-bond acceptors (Lipinski definition) is 4. The van der Waals surface area contributed by atoms with Crippen molar-refractivity contribution in [2.75, 3.05) is 23.3 Å². The number of aromatic nitrogens is 2. The molecule has 104 valence electrons. The predicted octanol–water partition coefficient (Wildman–Crippen LogP) is 3.21. The minimum absolute atomic E-state index is 0.454. The molecule has 2 aromatic rings. The number of anilines is 2. The third-order valence-electron chi connectivity index (χ3n) is 3.64. The molecule has 0 saturated carbocycles. The highest BCUT2D eigenvalue weighted by atomic mass is 35.5. The van der Waals surface area contributed by atoms with E-state index in [1.807, 2.05) is 24.5 Å². The summed E-state index contributed by atoms with van der Waals surface area (Å²) in [6, 6.07) is 8.46. The largest absolute Gasteiger partial charge is 0.380 e. The number of rotatable bonds is 3. The molecule has 0 aromatic carbocycles. The molecule has 2 aromatic heterocycles. The van der Waals surface area contributed by atoms with E-state index in [1.54, 1.807) is 6.20 Å². The monoisotopic (exact) mass is 288 g/mol. The lowest BCUT2D eigenvalue weighted by Gasteiger charge is -2.34. The first kappa shape index (κ1) is 13.2. The summed E-state index contributed by atoms with van der Waals surface area (Å²) >= 11 is 6.08. The molecule has 0 amide bonds. The molecule has 3 heterocycles. The van der Waals surface area contributed by atoms with Gasteiger partial charge < -0.3 is 10.2 Å². The maximum Gasteiger partial charge on any atom is 0.152 e. The van der Waals surface area contributed by atoms with Crippen molar-refractivity contribution in [1.82, 2.24) is 9.97 Å². The summed E-state index contributed by atoms with van der Waals surface area (Å²) in [4.78, 5) is 10.5. The van der Waals surface area contributed by atoms with E-state index in [0.717, 1.165) is 31.6 Å². The predicted molar refractivity (Wildman–Crippen MR) is 82.3 cm³/mol. The van der Waals surface area contributed by atoms with Gasteiger partial charge in [0.2, 0.25) is 0 Å². The molecule has 0 radical (unpaired) electrons. The second-order valence-corrected chi connectivity index (χ2v) is 5.31. The van der Waals surface area contributed by atoms with Gasteiger partial charge in [-0.15, -0.1) is 0 Å². The quantitative estimate of drug-likeness (QED) is 0.881. The summed E-state index contributed by atoms with van der Waals surface area (Å²) in [5.74, 6) is 0. The number of pyridine rings is 2. The van der Waals surface area contributed by atoms with Gasteiger partial charge in [0.1, 0.15) is 0 Å². The average molecular weight is 289 g/mol. The summed E-state index contributed by atoms with van der Waals surface area (Å²) in [7, 11) is 0. The normalized spacial score (nSPS) is 16.1. The molecule has 1 aliphatic rings. The van der Waals surface area contributed by atoms with E-state index < -0.39 is 0 Å². The lowest BCUT2D eigenvalue weighted by Crippen LogP contribution is -2.39. The third kappa shape index (κ3) is 3.02. The van der Waals surface area contributed by atoms with Gasteiger partial charge >= 0.3 is 0 Å². The van der Waals surface area contributed by atoms with Crippen LogP contribution < -0.4 is 10.2 Å². The van der Waals surface area contributed by atoms with E-state index in [2.05, 4.69) is 32.3 Å². The van der Waals surface area contributed by atoms with Crippen LogP contribution in [0.5, 0.6) is 0 Å². The molecule has 0 bridgehead atoms. The van der Waals surface area contributed by atoms with Crippen LogP contribution in [0, 0.1) is 0 Å². The van der Waals surface area contributed by atoms with Gasteiger partial charge in [0.25, 0.3) is 0 Å². The van der Waals surface area contributed by atoms with E-state index in [4.69, 9.17) is 11.6 Å². The fourth-order valence-corrected chi connectivity index (χ4v) is 2.72. The Hall–Kier alpha value is -1.81. The summed E-state index contributed by atoms with van der Waals surface area (Å²) in [6.45, 7) is 2.08. The molecule has 0 atom stereocenters. The van der Waals surface area contributed by atoms with E-state index in [9.17, 15) is 0 Å². The molecule has 1 aliphatic heterocycles. The number of piperidine rings is 1. The lowest BCUT2D eigenvalue weighted by molar-refractivity contribution is 0.526. The van der Waals surface area contributed by atoms with Crippen molar-refractivity contribution >= 4 is 23.0 Å². The lowest BCUT2D eigenvalue weighted by atomic mass is 10.0. The number of halogens is 1. The van der Waals surface area contributed by atoms with Gasteiger partial charge in [-0.05, 0) is 37.1 Å². The first-order chi connectivity index (χ1) is 9.83. The minimum Gasteiger partial charge on any atom is -0.380 e. The van der Waals surface area contributed by atoms with Crippen LogP contribution in [0.15, 0.2) is 42.9 Å². The molecule has 4 nitrogen and oxygen atoms in total. The highest BCUT2D eigenvalue weighted by Gasteiger charge is 2.19. The molecule has 1 fully saturated rings. The zero-order valence-corrected chi connectivity index (χ0v) is 11.9. The first-order valence-electron chi connectivity index (χ1n) is 6.85. The summed E-state index contributed by atoms with van der Waals surface area (Å²) in [5, 5.41) is 4.03. The van der Waals surface area contributed by atoms with Crippen LogP contribution in [0.25, 0.3) is 0 Å². The maximum absolute atomic E-state index is 6.08. The van der Waals surface area contributed by atoms with Crippen LogP contribution in [0.4, 0.5) is 11.4 Å². The number of nitrogens with zero attached hydrogens (tertiary/aromatic N) is 3. The molecule has 0 aliphatic carbocycles. The molecule has 20 heavy (non-hydrogen) atoms. The van der Waals surface area contributed by atoms with Crippen LogP contribution in [0.2, 0.25) is 5.15 Å². The Morgan fingerprint density at radius 1 is 1.10 bits per heavy atom. The van der Waals surface area contributed by atoms with Gasteiger partial charge in [0, 0.05) is 43.4 Å². The topological polar surface area (TPSA) is 41.1 Å². The standard InChI is InChI=1S/C15H17ClN4/c16-15-14(2-1-7-18-15)19-12-5-10-20(11-6-12)13-3-8-17-9-4-13/h1-4,7-9,12,19H,5-6,10-11H2. The van der Waals surface area contributed by atoms with E-state index >= 15 is 0 Å². The zero-order valence-electron chi connectivity index (χ0n) is 11.2. The SMILES string of the molecule is Clc1ncccc1NC1CCN(c2ccncc2)CC1. The van der Waals surface area contributed by atoms with Gasteiger partial charge in [-0.2, -0.15) is 0 Å². The van der Waals surface area contributed by atoms with Gasteiger partial charge in [-0.3, -0.25) is 4.98 Å². The van der Waals surface area contributed by atoms with Crippen LogP contribution in [-0.4, -0.2) is 29.1 Å². The van der Waals surface area contributed by atoms with Crippen molar-refractivity contribution in [2.24, 2.45) is 0 Å². The Balaban J connectivity index is 1.58. The van der Waals surface area contributed by atoms with E-state index in [0.29, 0.717) is 11.2 Å². The van der Waals surface area contributed by atoms with Gasteiger partial charge in [-0.25, -0.2) is 4.98 Å². The van der Waals surface area contributed by atoms with Crippen LogP contribution >= 0.6 is 11.6 Å². The zero-order chi connectivity index (χ0) is 13.8. The van der Waals surface area contributed by atoms with Gasteiger partial charge in [0.15, 0.2) is 5.15 Å². The van der Waals surface area contributed by atoms with Crippen LogP contribution in [0.3, 0.4) is 0 Å². The second kappa shape index (κ2) is 6.09. The van der Waals surface area contributed by atoms with Crippen molar-refractivity contribution in [3.05, 3.63) is 48.0 Å². The smallest absolute Gasteiger partial charge is 0.152 e. The second-order valence-electron chi connectivity index (χ2n) is 4.95. The Morgan fingerprint density at radius 3 is 2.55 bits per heavy atom. The Bertz CT molecular complexity index is 553. The molecule has 1 N–H and O–H groups in total. The van der Waals surface area contributed by atoms with Crippen molar-refractivity contribution < 1.29 is 0 Å². The molecular weight excluding hydrogens is 272 g/mol. The summed E-state index contributed by atoms with van der Waals surface area (Å²) in [5.41, 5.74) is 2.18. The van der Waals surface area contributed by atoms with Crippen LogP contribution in [0.1, 0.15) is 12.8 Å². The molecule has 3 rings (SSSR count). The van der Waals surface area contributed by atoms with E-state index in [-0.39, 0.29) is 0 Å². The molecule has 1 saturated heterocycles. The van der Waals surface area contributed by atoms with E-state index in [1.165, 1.54) is 5.69 Å². The molecular formula is C15H17ClN4. The number of hydrogen-bond donors (Lipinski definition) is 1. The Labute approximate surface area is 123 Å². The van der Waals surface area contributed by atoms with Crippen molar-refractivity contribution in [1.29, 1.82) is 0 Å². The molecule has 0 spiro atoms. The molecule has 0 unspecified atom stereocenters. The Morgan fingerprint density at radius 2 is 1.85 bits per heavy atom.